The number of hydroxylamine groups is 1. The molecule has 0 saturated carbocycles. The lowest BCUT2D eigenvalue weighted by Gasteiger charge is -2.20. The Bertz CT molecular complexity index is 903. The Kier molecular flexibility index (Phi) is 4.26. The first-order valence-corrected chi connectivity index (χ1v) is 7.31. The van der Waals surface area contributed by atoms with Gasteiger partial charge in [0.15, 0.2) is 0 Å². The smallest absolute Gasteiger partial charge is 0.335 e. The van der Waals surface area contributed by atoms with Crippen molar-refractivity contribution in [2.24, 2.45) is 0 Å². The van der Waals surface area contributed by atoms with E-state index in [2.05, 4.69) is 0 Å². The third-order valence-electron chi connectivity index (χ3n) is 3.71. The van der Waals surface area contributed by atoms with E-state index >= 15 is 0 Å². The number of hydrogen-bond donors (Lipinski definition) is 1. The Morgan fingerprint density at radius 2 is 1.50 bits per heavy atom. The molecule has 0 aliphatic carbocycles. The van der Waals surface area contributed by atoms with E-state index < -0.39 is 5.97 Å². The van der Waals surface area contributed by atoms with Crippen molar-refractivity contribution in [3.8, 4) is 0 Å². The molecule has 0 aliphatic heterocycles. The van der Waals surface area contributed by atoms with Gasteiger partial charge in [-0.05, 0) is 47.2 Å². The highest BCUT2D eigenvalue weighted by atomic mass is 16.7. The number of carbonyl (C=O) groups excluding carboxylic acids is 1. The van der Waals surface area contributed by atoms with Crippen LogP contribution in [0.1, 0.15) is 20.7 Å². The van der Waals surface area contributed by atoms with E-state index in [1.165, 1.54) is 36.4 Å². The molecule has 3 rings (SSSR count). The highest BCUT2D eigenvalue weighted by molar-refractivity contribution is 6.06. The van der Waals surface area contributed by atoms with Crippen molar-refractivity contribution in [1.82, 2.24) is 0 Å². The topological polar surface area (TPSA) is 66.8 Å². The molecule has 0 atom stereocenters. The molecule has 0 spiro atoms. The molecule has 5 nitrogen and oxygen atoms in total. The number of fused-ring (bicyclic) bond motifs is 1. The number of anilines is 1. The molecule has 0 aromatic heterocycles. The van der Waals surface area contributed by atoms with Gasteiger partial charge in [0, 0.05) is 5.56 Å². The number of hydrogen-bond acceptors (Lipinski definition) is 3. The SMILES string of the molecule is CON(C(=O)c1ccc(C(=O)O)cc1)c1ccc2ccccc2c1. The molecule has 5 heteroatoms. The number of rotatable bonds is 4. The lowest BCUT2D eigenvalue weighted by Crippen LogP contribution is -2.29. The first-order valence-electron chi connectivity index (χ1n) is 7.31. The van der Waals surface area contributed by atoms with Crippen LogP contribution in [0.2, 0.25) is 0 Å². The highest BCUT2D eigenvalue weighted by Crippen LogP contribution is 2.23. The summed E-state index contributed by atoms with van der Waals surface area (Å²) in [6.45, 7) is 0. The molecule has 24 heavy (non-hydrogen) atoms. The van der Waals surface area contributed by atoms with E-state index in [9.17, 15) is 9.59 Å². The van der Waals surface area contributed by atoms with Crippen molar-refractivity contribution in [3.63, 3.8) is 0 Å². The van der Waals surface area contributed by atoms with Crippen LogP contribution < -0.4 is 5.06 Å². The summed E-state index contributed by atoms with van der Waals surface area (Å²) in [6.07, 6.45) is 0. The summed E-state index contributed by atoms with van der Waals surface area (Å²) in [5, 5.41) is 12.2. The number of carboxylic acid groups (broad SMARTS) is 1. The van der Waals surface area contributed by atoms with E-state index in [0.717, 1.165) is 10.8 Å². The molecule has 0 fully saturated rings. The first kappa shape index (κ1) is 15.7. The summed E-state index contributed by atoms with van der Waals surface area (Å²) in [4.78, 5) is 28.8. The molecule has 3 aromatic carbocycles. The van der Waals surface area contributed by atoms with Gasteiger partial charge in [-0.2, -0.15) is 5.06 Å². The van der Waals surface area contributed by atoms with Gasteiger partial charge < -0.3 is 5.11 Å². The Morgan fingerprint density at radius 1 is 0.875 bits per heavy atom. The Morgan fingerprint density at radius 3 is 2.12 bits per heavy atom. The van der Waals surface area contributed by atoms with E-state index in [1.54, 1.807) is 6.07 Å². The highest BCUT2D eigenvalue weighted by Gasteiger charge is 2.18. The summed E-state index contributed by atoms with van der Waals surface area (Å²) in [6, 6.07) is 19.1. The average Bonchev–Trinajstić information content (AvgIpc) is 2.62. The van der Waals surface area contributed by atoms with E-state index in [-0.39, 0.29) is 11.5 Å². The number of nitrogens with zero attached hydrogens (tertiary/aromatic N) is 1. The largest absolute Gasteiger partial charge is 0.478 e. The Hall–Kier alpha value is -3.18. The zero-order valence-corrected chi connectivity index (χ0v) is 13.0. The van der Waals surface area contributed by atoms with Gasteiger partial charge in [0.2, 0.25) is 0 Å². The minimum Gasteiger partial charge on any atom is -0.478 e. The van der Waals surface area contributed by atoms with Crippen LogP contribution >= 0.6 is 0 Å². The lowest BCUT2D eigenvalue weighted by atomic mass is 10.1. The summed E-state index contributed by atoms with van der Waals surface area (Å²) < 4.78 is 0. The van der Waals surface area contributed by atoms with Crippen LogP contribution in [0.15, 0.2) is 66.7 Å². The minimum atomic E-state index is -1.04. The fourth-order valence-corrected chi connectivity index (χ4v) is 2.48. The predicted molar refractivity (Wildman–Crippen MR) is 91.2 cm³/mol. The van der Waals surface area contributed by atoms with Gasteiger partial charge in [-0.25, -0.2) is 4.79 Å². The van der Waals surface area contributed by atoms with Gasteiger partial charge in [0.25, 0.3) is 5.91 Å². The van der Waals surface area contributed by atoms with Crippen LogP contribution in [0.3, 0.4) is 0 Å². The molecule has 1 N–H and O–H groups in total. The second-order valence-electron chi connectivity index (χ2n) is 5.20. The second-order valence-corrected chi connectivity index (χ2v) is 5.20. The molecule has 0 heterocycles. The monoisotopic (exact) mass is 321 g/mol. The normalized spacial score (nSPS) is 10.5. The maximum Gasteiger partial charge on any atom is 0.335 e. The fourth-order valence-electron chi connectivity index (χ4n) is 2.48. The van der Waals surface area contributed by atoms with Crippen LogP contribution in [0, 0.1) is 0 Å². The number of aromatic carboxylic acids is 1. The number of benzene rings is 3. The van der Waals surface area contributed by atoms with Gasteiger partial charge in [-0.1, -0.05) is 30.3 Å². The van der Waals surface area contributed by atoms with Crippen molar-refractivity contribution < 1.29 is 19.5 Å². The maximum absolute atomic E-state index is 12.6. The molecule has 0 unspecified atom stereocenters. The molecule has 0 saturated heterocycles. The van der Waals surface area contributed by atoms with Crippen LogP contribution in [-0.4, -0.2) is 24.1 Å². The maximum atomic E-state index is 12.6. The van der Waals surface area contributed by atoms with Crippen molar-refractivity contribution in [2.45, 2.75) is 0 Å². The van der Waals surface area contributed by atoms with Gasteiger partial charge in [0.05, 0.1) is 18.4 Å². The number of carboxylic acids is 1. The standard InChI is InChI=1S/C19H15NO4/c1-24-20(17-11-10-13-4-2-3-5-16(13)12-17)18(21)14-6-8-15(9-7-14)19(22)23/h2-12H,1H3,(H,22,23). The summed E-state index contributed by atoms with van der Waals surface area (Å²) in [7, 11) is 1.42. The van der Waals surface area contributed by atoms with Crippen molar-refractivity contribution in [3.05, 3.63) is 77.9 Å². The molecule has 0 bridgehead atoms. The number of carbonyl (C=O) groups is 2. The lowest BCUT2D eigenvalue weighted by molar-refractivity contribution is 0.0695. The summed E-state index contributed by atoms with van der Waals surface area (Å²) in [5.74, 6) is -1.41. The summed E-state index contributed by atoms with van der Waals surface area (Å²) in [5.41, 5.74) is 1.07. The minimum absolute atomic E-state index is 0.126. The van der Waals surface area contributed by atoms with Crippen LogP contribution in [0.5, 0.6) is 0 Å². The van der Waals surface area contributed by atoms with Crippen LogP contribution in [0.25, 0.3) is 10.8 Å². The third kappa shape index (κ3) is 2.98. The summed E-state index contributed by atoms with van der Waals surface area (Å²) >= 11 is 0. The van der Waals surface area contributed by atoms with Crippen LogP contribution in [0.4, 0.5) is 5.69 Å². The molecular weight excluding hydrogens is 306 g/mol. The fraction of sp³-hybridized carbons (Fsp3) is 0.0526. The molecule has 3 aromatic rings. The Labute approximate surface area is 138 Å². The van der Waals surface area contributed by atoms with Crippen molar-refractivity contribution in [2.75, 3.05) is 12.2 Å². The van der Waals surface area contributed by atoms with Gasteiger partial charge in [-0.15, -0.1) is 0 Å². The predicted octanol–water partition coefficient (Wildman–Crippen LogP) is 3.75. The van der Waals surface area contributed by atoms with Crippen molar-refractivity contribution in [1.29, 1.82) is 0 Å². The Balaban J connectivity index is 1.94. The van der Waals surface area contributed by atoms with Gasteiger partial charge >= 0.3 is 5.97 Å². The number of amides is 1. The third-order valence-corrected chi connectivity index (χ3v) is 3.71. The van der Waals surface area contributed by atoms with E-state index in [1.807, 2.05) is 36.4 Å². The average molecular weight is 321 g/mol. The molecule has 0 aliphatic rings. The second kappa shape index (κ2) is 6.52. The first-order chi connectivity index (χ1) is 11.6. The van der Waals surface area contributed by atoms with E-state index in [0.29, 0.717) is 11.3 Å². The van der Waals surface area contributed by atoms with Crippen molar-refractivity contribution >= 4 is 28.3 Å². The molecular formula is C19H15NO4. The van der Waals surface area contributed by atoms with Gasteiger partial charge in [0.1, 0.15) is 0 Å². The molecule has 1 amide bonds. The quantitative estimate of drug-likeness (QED) is 0.743. The molecule has 120 valence electrons. The zero-order valence-electron chi connectivity index (χ0n) is 13.0. The van der Waals surface area contributed by atoms with Crippen LogP contribution in [-0.2, 0) is 4.84 Å². The zero-order chi connectivity index (χ0) is 17.1. The molecule has 0 radical (unpaired) electrons. The van der Waals surface area contributed by atoms with E-state index in [4.69, 9.17) is 9.94 Å². The van der Waals surface area contributed by atoms with Gasteiger partial charge in [-0.3, -0.25) is 9.63 Å².